The lowest BCUT2D eigenvalue weighted by atomic mass is 10.3. The Bertz CT molecular complexity index is 357. The second-order valence-electron chi connectivity index (χ2n) is 3.61. The molecule has 102 valence electrons. The van der Waals surface area contributed by atoms with Crippen LogP contribution in [0.15, 0.2) is 24.3 Å². The average Bonchev–Trinajstić information content (AvgIpc) is 2.36. The fourth-order valence-corrected chi connectivity index (χ4v) is 1.26. The molecule has 6 heteroatoms. The minimum Gasteiger partial charge on any atom is -0.497 e. The quantitative estimate of drug-likeness (QED) is 0.810. The van der Waals surface area contributed by atoms with Crippen molar-refractivity contribution in [1.29, 1.82) is 0 Å². The Balaban J connectivity index is 0.00000289. The van der Waals surface area contributed by atoms with Crippen LogP contribution in [0.5, 0.6) is 11.5 Å². The van der Waals surface area contributed by atoms with Crippen LogP contribution < -0.4 is 20.5 Å². The lowest BCUT2D eigenvalue weighted by Gasteiger charge is -2.15. The number of carbonyl (C=O) groups is 1. The van der Waals surface area contributed by atoms with Gasteiger partial charge in [-0.25, -0.2) is 0 Å². The SMILES string of the molecule is COc1ccc(OC(C)CNC(=O)CN)cc1.Cl. The fraction of sp³-hybridized carbons (Fsp3) is 0.417. The number of nitrogens with one attached hydrogen (secondary N) is 1. The molecule has 1 amide bonds. The monoisotopic (exact) mass is 274 g/mol. The van der Waals surface area contributed by atoms with Crippen molar-refractivity contribution in [3.05, 3.63) is 24.3 Å². The second-order valence-corrected chi connectivity index (χ2v) is 3.61. The molecule has 18 heavy (non-hydrogen) atoms. The lowest BCUT2D eigenvalue weighted by molar-refractivity contribution is -0.120. The summed E-state index contributed by atoms with van der Waals surface area (Å²) in [6, 6.07) is 7.28. The third-order valence-corrected chi connectivity index (χ3v) is 2.17. The Kier molecular flexibility index (Phi) is 7.91. The molecule has 0 spiro atoms. The predicted molar refractivity (Wildman–Crippen MR) is 72.4 cm³/mol. The molecular formula is C12H19ClN2O3. The standard InChI is InChI=1S/C12H18N2O3.ClH/c1-9(8-14-12(15)7-13)17-11-5-3-10(16-2)4-6-11;/h3-6,9H,7-8,13H2,1-2H3,(H,14,15);1H. The number of hydrogen-bond acceptors (Lipinski definition) is 4. The Labute approximate surface area is 113 Å². The van der Waals surface area contributed by atoms with Gasteiger partial charge in [-0.2, -0.15) is 0 Å². The van der Waals surface area contributed by atoms with Gasteiger partial charge in [0.2, 0.25) is 5.91 Å². The highest BCUT2D eigenvalue weighted by atomic mass is 35.5. The molecule has 0 aliphatic heterocycles. The molecule has 1 unspecified atom stereocenters. The smallest absolute Gasteiger partial charge is 0.233 e. The number of benzene rings is 1. The van der Waals surface area contributed by atoms with Gasteiger partial charge in [0.1, 0.15) is 17.6 Å². The highest BCUT2D eigenvalue weighted by Gasteiger charge is 2.05. The summed E-state index contributed by atoms with van der Waals surface area (Å²) in [6.45, 7) is 2.30. The van der Waals surface area contributed by atoms with Gasteiger partial charge in [-0.05, 0) is 31.2 Å². The van der Waals surface area contributed by atoms with E-state index in [1.54, 1.807) is 7.11 Å². The zero-order valence-electron chi connectivity index (χ0n) is 10.5. The van der Waals surface area contributed by atoms with Gasteiger partial charge < -0.3 is 20.5 Å². The molecule has 0 aliphatic rings. The molecule has 3 N–H and O–H groups in total. The zero-order valence-corrected chi connectivity index (χ0v) is 11.3. The van der Waals surface area contributed by atoms with Gasteiger partial charge in [-0.1, -0.05) is 0 Å². The number of methoxy groups -OCH3 is 1. The largest absolute Gasteiger partial charge is 0.497 e. The van der Waals surface area contributed by atoms with Crippen LogP contribution in [0.1, 0.15) is 6.92 Å². The zero-order chi connectivity index (χ0) is 12.7. The molecule has 0 saturated carbocycles. The summed E-state index contributed by atoms with van der Waals surface area (Å²) in [5, 5.41) is 2.66. The number of ether oxygens (including phenoxy) is 2. The van der Waals surface area contributed by atoms with E-state index >= 15 is 0 Å². The molecule has 1 aromatic carbocycles. The summed E-state index contributed by atoms with van der Waals surface area (Å²) < 4.78 is 10.6. The van der Waals surface area contributed by atoms with E-state index in [1.165, 1.54) is 0 Å². The number of hydrogen-bond donors (Lipinski definition) is 2. The van der Waals surface area contributed by atoms with Crippen LogP contribution in [0.4, 0.5) is 0 Å². The Morgan fingerprint density at radius 1 is 1.33 bits per heavy atom. The number of rotatable bonds is 6. The molecule has 0 heterocycles. The maximum Gasteiger partial charge on any atom is 0.233 e. The van der Waals surface area contributed by atoms with Crippen molar-refractivity contribution in [3.63, 3.8) is 0 Å². The highest BCUT2D eigenvalue weighted by Crippen LogP contribution is 2.17. The first kappa shape index (κ1) is 16.5. The molecule has 0 saturated heterocycles. The summed E-state index contributed by atoms with van der Waals surface area (Å²) in [4.78, 5) is 10.9. The van der Waals surface area contributed by atoms with E-state index in [1.807, 2.05) is 31.2 Å². The van der Waals surface area contributed by atoms with Crippen molar-refractivity contribution >= 4 is 18.3 Å². The normalized spacial score (nSPS) is 11.1. The number of nitrogens with two attached hydrogens (primary N) is 1. The van der Waals surface area contributed by atoms with Crippen LogP contribution in [0.25, 0.3) is 0 Å². The van der Waals surface area contributed by atoms with E-state index < -0.39 is 0 Å². The van der Waals surface area contributed by atoms with Crippen LogP contribution >= 0.6 is 12.4 Å². The Morgan fingerprint density at radius 3 is 2.39 bits per heavy atom. The van der Waals surface area contributed by atoms with Gasteiger partial charge in [0.25, 0.3) is 0 Å². The second kappa shape index (κ2) is 8.60. The number of carbonyl (C=O) groups excluding carboxylic acids is 1. The van der Waals surface area contributed by atoms with Crippen molar-refractivity contribution in [2.45, 2.75) is 13.0 Å². The molecule has 0 aromatic heterocycles. The first-order valence-corrected chi connectivity index (χ1v) is 5.43. The molecule has 1 aromatic rings. The lowest BCUT2D eigenvalue weighted by Crippen LogP contribution is -2.37. The molecular weight excluding hydrogens is 256 g/mol. The maximum atomic E-state index is 10.9. The van der Waals surface area contributed by atoms with Crippen molar-refractivity contribution < 1.29 is 14.3 Å². The van der Waals surface area contributed by atoms with Crippen molar-refractivity contribution in [2.75, 3.05) is 20.2 Å². The van der Waals surface area contributed by atoms with Gasteiger partial charge in [0.05, 0.1) is 20.2 Å². The third-order valence-electron chi connectivity index (χ3n) is 2.17. The molecule has 0 fully saturated rings. The minimum atomic E-state index is -0.185. The first-order chi connectivity index (χ1) is 8.15. The summed E-state index contributed by atoms with van der Waals surface area (Å²) >= 11 is 0. The first-order valence-electron chi connectivity index (χ1n) is 5.43. The van der Waals surface area contributed by atoms with Crippen molar-refractivity contribution in [1.82, 2.24) is 5.32 Å². The number of halogens is 1. The van der Waals surface area contributed by atoms with Crippen LogP contribution in [0.3, 0.4) is 0 Å². The van der Waals surface area contributed by atoms with Gasteiger partial charge in [0.15, 0.2) is 0 Å². The summed E-state index contributed by atoms with van der Waals surface area (Å²) in [7, 11) is 1.61. The van der Waals surface area contributed by atoms with Gasteiger partial charge in [0, 0.05) is 0 Å². The van der Waals surface area contributed by atoms with Crippen LogP contribution in [0, 0.1) is 0 Å². The van der Waals surface area contributed by atoms with Gasteiger partial charge in [-0.15, -0.1) is 12.4 Å². The van der Waals surface area contributed by atoms with E-state index in [-0.39, 0.29) is 31.0 Å². The van der Waals surface area contributed by atoms with E-state index in [9.17, 15) is 4.79 Å². The van der Waals surface area contributed by atoms with Gasteiger partial charge >= 0.3 is 0 Å². The summed E-state index contributed by atoms with van der Waals surface area (Å²) in [5.74, 6) is 1.33. The van der Waals surface area contributed by atoms with E-state index in [0.29, 0.717) is 6.54 Å². The van der Waals surface area contributed by atoms with E-state index in [4.69, 9.17) is 15.2 Å². The topological polar surface area (TPSA) is 73.6 Å². The Hall–Kier alpha value is -1.46. The molecule has 0 aliphatic carbocycles. The maximum absolute atomic E-state index is 10.9. The fourth-order valence-electron chi connectivity index (χ4n) is 1.26. The van der Waals surface area contributed by atoms with Gasteiger partial charge in [-0.3, -0.25) is 4.79 Å². The molecule has 0 radical (unpaired) electrons. The summed E-state index contributed by atoms with van der Waals surface area (Å²) in [5.41, 5.74) is 5.18. The Morgan fingerprint density at radius 2 is 1.89 bits per heavy atom. The number of amides is 1. The van der Waals surface area contributed by atoms with Crippen LogP contribution in [0.2, 0.25) is 0 Å². The van der Waals surface area contributed by atoms with Crippen molar-refractivity contribution in [3.8, 4) is 11.5 Å². The predicted octanol–water partition coefficient (Wildman–Crippen LogP) is 0.959. The average molecular weight is 275 g/mol. The van der Waals surface area contributed by atoms with Crippen molar-refractivity contribution in [2.24, 2.45) is 5.73 Å². The van der Waals surface area contributed by atoms with Crippen LogP contribution in [-0.2, 0) is 4.79 Å². The molecule has 1 atom stereocenters. The van der Waals surface area contributed by atoms with Crippen LogP contribution in [-0.4, -0.2) is 32.2 Å². The molecule has 0 bridgehead atoms. The highest BCUT2D eigenvalue weighted by molar-refractivity contribution is 5.85. The molecule has 1 rings (SSSR count). The third kappa shape index (κ3) is 5.75. The van der Waals surface area contributed by atoms with E-state index in [0.717, 1.165) is 11.5 Å². The van der Waals surface area contributed by atoms with E-state index in [2.05, 4.69) is 5.32 Å². The molecule has 5 nitrogen and oxygen atoms in total. The minimum absolute atomic E-state index is 0. The summed E-state index contributed by atoms with van der Waals surface area (Å²) in [6.07, 6.45) is -0.112.